The Hall–Kier alpha value is -1.51. The van der Waals surface area contributed by atoms with Gasteiger partial charge in [0.1, 0.15) is 5.60 Å². The Balaban J connectivity index is 2.68. The van der Waals surface area contributed by atoms with E-state index in [9.17, 15) is 4.79 Å². The number of amides is 1. The molecule has 0 atom stereocenters. The maximum Gasteiger partial charge on any atom is 0.405 e. The van der Waals surface area contributed by atoms with E-state index in [0.29, 0.717) is 6.42 Å². The number of nitrogens with two attached hydrogens (primary N) is 1. The predicted octanol–water partition coefficient (Wildman–Crippen LogP) is 2.67. The van der Waals surface area contributed by atoms with Gasteiger partial charge < -0.3 is 10.5 Å². The van der Waals surface area contributed by atoms with Crippen molar-refractivity contribution < 1.29 is 9.53 Å². The molecule has 1 aromatic rings. The van der Waals surface area contributed by atoms with E-state index in [2.05, 4.69) is 31.2 Å². The van der Waals surface area contributed by atoms with Crippen LogP contribution in [0.15, 0.2) is 24.3 Å². The molecule has 0 aliphatic heterocycles. The van der Waals surface area contributed by atoms with Crippen molar-refractivity contribution in [1.82, 2.24) is 0 Å². The number of benzene rings is 1. The van der Waals surface area contributed by atoms with Gasteiger partial charge in [-0.25, -0.2) is 4.79 Å². The quantitative estimate of drug-likeness (QED) is 0.849. The molecule has 16 heavy (non-hydrogen) atoms. The zero-order chi connectivity index (χ0) is 12.2. The Kier molecular flexibility index (Phi) is 3.93. The van der Waals surface area contributed by atoms with Crippen LogP contribution in [0.25, 0.3) is 0 Å². The van der Waals surface area contributed by atoms with Crippen LogP contribution in [0.4, 0.5) is 4.79 Å². The monoisotopic (exact) mass is 221 g/mol. The van der Waals surface area contributed by atoms with E-state index in [1.807, 2.05) is 13.8 Å². The molecule has 0 saturated heterocycles. The molecule has 1 aromatic carbocycles. The van der Waals surface area contributed by atoms with Gasteiger partial charge >= 0.3 is 6.09 Å². The van der Waals surface area contributed by atoms with Crippen molar-refractivity contribution >= 4 is 6.09 Å². The van der Waals surface area contributed by atoms with Gasteiger partial charge in [0.2, 0.25) is 0 Å². The molecule has 3 heteroatoms. The van der Waals surface area contributed by atoms with Gasteiger partial charge in [-0.05, 0) is 31.4 Å². The van der Waals surface area contributed by atoms with E-state index in [-0.39, 0.29) is 0 Å². The number of primary amides is 1. The fourth-order valence-electron chi connectivity index (χ4n) is 1.69. The van der Waals surface area contributed by atoms with Crippen molar-refractivity contribution in [2.24, 2.45) is 5.73 Å². The molecule has 0 spiro atoms. The predicted molar refractivity (Wildman–Crippen MR) is 64.3 cm³/mol. The number of carbonyl (C=O) groups is 1. The average Bonchev–Trinajstić information content (AvgIpc) is 2.16. The van der Waals surface area contributed by atoms with Crippen LogP contribution in [0, 0.1) is 0 Å². The van der Waals surface area contributed by atoms with Crippen molar-refractivity contribution in [2.45, 2.75) is 39.2 Å². The highest BCUT2D eigenvalue weighted by Gasteiger charge is 2.21. The molecular weight excluding hydrogens is 202 g/mol. The summed E-state index contributed by atoms with van der Waals surface area (Å²) in [6.07, 6.45) is 0.969. The van der Waals surface area contributed by atoms with Gasteiger partial charge in [0.05, 0.1) is 0 Å². The first-order valence-corrected chi connectivity index (χ1v) is 5.49. The van der Waals surface area contributed by atoms with Crippen LogP contribution in [-0.2, 0) is 17.6 Å². The molecule has 0 aliphatic carbocycles. The Morgan fingerprint density at radius 3 is 2.19 bits per heavy atom. The smallest absolute Gasteiger partial charge is 0.405 e. The number of ether oxygens (including phenoxy) is 1. The summed E-state index contributed by atoms with van der Waals surface area (Å²) in [4.78, 5) is 10.7. The van der Waals surface area contributed by atoms with E-state index in [1.54, 1.807) is 0 Å². The molecule has 1 rings (SSSR count). The average molecular weight is 221 g/mol. The van der Waals surface area contributed by atoms with Crippen LogP contribution in [-0.4, -0.2) is 11.7 Å². The van der Waals surface area contributed by atoms with Gasteiger partial charge in [0.25, 0.3) is 0 Å². The maximum absolute atomic E-state index is 10.7. The standard InChI is InChI=1S/C13H19NO2/c1-4-10-5-7-11(8-6-10)9-13(2,3)16-12(14)15/h5-8H,4,9H2,1-3H3,(H2,14,15). The van der Waals surface area contributed by atoms with Crippen LogP contribution in [0.5, 0.6) is 0 Å². The van der Waals surface area contributed by atoms with Gasteiger partial charge in [0.15, 0.2) is 0 Å². The Morgan fingerprint density at radius 2 is 1.75 bits per heavy atom. The molecule has 0 radical (unpaired) electrons. The first kappa shape index (κ1) is 12.6. The van der Waals surface area contributed by atoms with E-state index in [1.165, 1.54) is 5.56 Å². The molecule has 2 N–H and O–H groups in total. The third kappa shape index (κ3) is 3.93. The first-order valence-electron chi connectivity index (χ1n) is 5.49. The van der Waals surface area contributed by atoms with E-state index >= 15 is 0 Å². The van der Waals surface area contributed by atoms with Crippen molar-refractivity contribution in [3.63, 3.8) is 0 Å². The lowest BCUT2D eigenvalue weighted by molar-refractivity contribution is 0.0460. The van der Waals surface area contributed by atoms with Crippen LogP contribution in [0.3, 0.4) is 0 Å². The summed E-state index contributed by atoms with van der Waals surface area (Å²) in [7, 11) is 0. The molecule has 1 amide bonds. The fraction of sp³-hybridized carbons (Fsp3) is 0.462. The van der Waals surface area contributed by atoms with Crippen molar-refractivity contribution in [3.05, 3.63) is 35.4 Å². The molecule has 0 bridgehead atoms. The molecule has 0 saturated carbocycles. The normalized spacial score (nSPS) is 11.2. The third-order valence-corrected chi connectivity index (χ3v) is 2.44. The fourth-order valence-corrected chi connectivity index (χ4v) is 1.69. The number of carbonyl (C=O) groups excluding carboxylic acids is 1. The van der Waals surface area contributed by atoms with Gasteiger partial charge in [-0.1, -0.05) is 31.2 Å². The molecule has 0 fully saturated rings. The minimum absolute atomic E-state index is 0.556. The maximum atomic E-state index is 10.7. The molecule has 88 valence electrons. The highest BCUT2D eigenvalue weighted by atomic mass is 16.6. The molecule has 0 aliphatic rings. The third-order valence-electron chi connectivity index (χ3n) is 2.44. The second kappa shape index (κ2) is 5.01. The molecule has 0 heterocycles. The lowest BCUT2D eigenvalue weighted by Gasteiger charge is -2.24. The zero-order valence-electron chi connectivity index (χ0n) is 10.1. The summed E-state index contributed by atoms with van der Waals surface area (Å²) in [5, 5.41) is 0. The van der Waals surface area contributed by atoms with Crippen LogP contribution < -0.4 is 5.73 Å². The minimum atomic E-state index is -0.727. The highest BCUT2D eigenvalue weighted by molar-refractivity contribution is 5.65. The summed E-state index contributed by atoms with van der Waals surface area (Å²) < 4.78 is 5.04. The van der Waals surface area contributed by atoms with Crippen LogP contribution in [0.1, 0.15) is 31.9 Å². The summed E-state index contributed by atoms with van der Waals surface area (Å²) in [6, 6.07) is 8.31. The number of aryl methyl sites for hydroxylation is 1. The van der Waals surface area contributed by atoms with Gasteiger partial charge in [-0.2, -0.15) is 0 Å². The van der Waals surface area contributed by atoms with Gasteiger partial charge in [-0.15, -0.1) is 0 Å². The second-order valence-corrected chi connectivity index (χ2v) is 4.53. The van der Waals surface area contributed by atoms with Crippen molar-refractivity contribution in [2.75, 3.05) is 0 Å². The summed E-state index contributed by atoms with van der Waals surface area (Å²) in [5.74, 6) is 0. The summed E-state index contributed by atoms with van der Waals surface area (Å²) >= 11 is 0. The van der Waals surface area contributed by atoms with Crippen LogP contribution >= 0.6 is 0 Å². The minimum Gasteiger partial charge on any atom is -0.443 e. The Morgan fingerprint density at radius 1 is 1.25 bits per heavy atom. The first-order chi connectivity index (χ1) is 7.43. The van der Waals surface area contributed by atoms with Crippen molar-refractivity contribution in [3.8, 4) is 0 Å². The van der Waals surface area contributed by atoms with Crippen LogP contribution in [0.2, 0.25) is 0 Å². The van der Waals surface area contributed by atoms with E-state index in [0.717, 1.165) is 12.0 Å². The number of hydrogen-bond donors (Lipinski definition) is 1. The number of hydrogen-bond acceptors (Lipinski definition) is 2. The van der Waals surface area contributed by atoms with Gasteiger partial charge in [-0.3, -0.25) is 0 Å². The van der Waals surface area contributed by atoms with E-state index in [4.69, 9.17) is 10.5 Å². The summed E-state index contributed by atoms with van der Waals surface area (Å²) in [6.45, 7) is 5.83. The number of rotatable bonds is 4. The Labute approximate surface area is 96.6 Å². The zero-order valence-corrected chi connectivity index (χ0v) is 10.1. The van der Waals surface area contributed by atoms with Crippen molar-refractivity contribution in [1.29, 1.82) is 0 Å². The van der Waals surface area contributed by atoms with Gasteiger partial charge in [0, 0.05) is 6.42 Å². The Bertz CT molecular complexity index is 355. The molecule has 0 unspecified atom stereocenters. The largest absolute Gasteiger partial charge is 0.443 e. The molecule has 3 nitrogen and oxygen atoms in total. The van der Waals surface area contributed by atoms with E-state index < -0.39 is 11.7 Å². The molecule has 0 aromatic heterocycles. The topological polar surface area (TPSA) is 52.3 Å². The lowest BCUT2D eigenvalue weighted by Crippen LogP contribution is -2.33. The lowest BCUT2D eigenvalue weighted by atomic mass is 9.97. The second-order valence-electron chi connectivity index (χ2n) is 4.53. The molecular formula is C13H19NO2. The highest BCUT2D eigenvalue weighted by Crippen LogP contribution is 2.17. The summed E-state index contributed by atoms with van der Waals surface area (Å²) in [5.41, 5.74) is 6.91. The SMILES string of the molecule is CCc1ccc(CC(C)(C)OC(N)=O)cc1.